The van der Waals surface area contributed by atoms with E-state index in [2.05, 4.69) is 0 Å². The fourth-order valence-electron chi connectivity index (χ4n) is 2.04. The summed E-state index contributed by atoms with van der Waals surface area (Å²) in [4.78, 5) is 12.4. The quantitative estimate of drug-likeness (QED) is 0.558. The molecule has 0 fully saturated rings. The molecule has 0 bridgehead atoms. The van der Waals surface area contributed by atoms with Gasteiger partial charge in [0.25, 0.3) is 0 Å². The summed E-state index contributed by atoms with van der Waals surface area (Å²) in [6.07, 6.45) is 0. The number of hydrogen-bond donors (Lipinski definition) is 2. The van der Waals surface area contributed by atoms with Crippen molar-refractivity contribution >= 4 is 5.97 Å². The van der Waals surface area contributed by atoms with Crippen molar-refractivity contribution in [1.82, 2.24) is 0 Å². The number of phenols is 2. The summed E-state index contributed by atoms with van der Waals surface area (Å²) >= 11 is 0. The molecule has 0 aliphatic rings. The van der Waals surface area contributed by atoms with E-state index in [1.165, 1.54) is 36.4 Å². The summed E-state index contributed by atoms with van der Waals surface area (Å²) in [5, 5.41) is 18.6. The predicted molar refractivity (Wildman–Crippen MR) is 87.7 cm³/mol. The van der Waals surface area contributed by atoms with Crippen LogP contribution in [0.5, 0.6) is 28.7 Å². The zero-order valence-electron chi connectivity index (χ0n) is 12.5. The second-order valence-electron chi connectivity index (χ2n) is 4.98. The van der Waals surface area contributed by atoms with Gasteiger partial charge in [0, 0.05) is 0 Å². The van der Waals surface area contributed by atoms with Gasteiger partial charge in [-0.05, 0) is 60.7 Å². The van der Waals surface area contributed by atoms with E-state index >= 15 is 0 Å². The number of aromatic hydroxyl groups is 2. The second-order valence-corrected chi connectivity index (χ2v) is 4.98. The monoisotopic (exact) mass is 322 g/mol. The normalized spacial score (nSPS) is 10.2. The van der Waals surface area contributed by atoms with E-state index in [0.29, 0.717) is 17.2 Å². The number of rotatable bonds is 4. The molecule has 0 radical (unpaired) electrons. The number of benzene rings is 3. The van der Waals surface area contributed by atoms with Gasteiger partial charge in [-0.3, -0.25) is 0 Å². The lowest BCUT2D eigenvalue weighted by Gasteiger charge is -2.11. The highest BCUT2D eigenvalue weighted by Crippen LogP contribution is 2.27. The molecule has 5 heteroatoms. The molecule has 0 spiro atoms. The van der Waals surface area contributed by atoms with Gasteiger partial charge in [0.2, 0.25) is 0 Å². The van der Waals surface area contributed by atoms with Crippen molar-refractivity contribution in [3.8, 4) is 28.7 Å². The molecule has 0 aromatic heterocycles. The van der Waals surface area contributed by atoms with Crippen molar-refractivity contribution < 1.29 is 24.5 Å². The summed E-state index contributed by atoms with van der Waals surface area (Å²) in [6, 6.07) is 18.7. The van der Waals surface area contributed by atoms with E-state index in [0.717, 1.165) is 0 Å². The molecular formula is C19H14O5. The first-order valence-corrected chi connectivity index (χ1v) is 7.19. The fraction of sp³-hybridized carbons (Fsp3) is 0. The van der Waals surface area contributed by atoms with Crippen LogP contribution in [0.15, 0.2) is 72.8 Å². The second kappa shape index (κ2) is 6.75. The summed E-state index contributed by atoms with van der Waals surface area (Å²) in [6.45, 7) is 0. The van der Waals surface area contributed by atoms with E-state index in [-0.39, 0.29) is 17.1 Å². The van der Waals surface area contributed by atoms with E-state index in [4.69, 9.17) is 9.47 Å². The minimum Gasteiger partial charge on any atom is -0.508 e. The summed E-state index contributed by atoms with van der Waals surface area (Å²) in [5.74, 6) is 0.783. The molecule has 0 amide bonds. The Labute approximate surface area is 138 Å². The molecule has 3 rings (SSSR count). The van der Waals surface area contributed by atoms with Crippen LogP contribution < -0.4 is 9.47 Å². The van der Waals surface area contributed by atoms with Crippen LogP contribution in [-0.4, -0.2) is 16.2 Å². The van der Waals surface area contributed by atoms with E-state index in [9.17, 15) is 15.0 Å². The highest BCUT2D eigenvalue weighted by Gasteiger charge is 2.15. The largest absolute Gasteiger partial charge is 0.508 e. The lowest BCUT2D eigenvalue weighted by atomic mass is 10.2. The molecule has 0 unspecified atom stereocenters. The maximum atomic E-state index is 12.4. The SMILES string of the molecule is O=C(Oc1ccc(O)cc1)c1ccccc1Oc1ccc(O)cc1. The van der Waals surface area contributed by atoms with Crippen LogP contribution in [0.4, 0.5) is 0 Å². The average Bonchev–Trinajstić information content (AvgIpc) is 2.59. The van der Waals surface area contributed by atoms with E-state index in [1.807, 2.05) is 0 Å². The van der Waals surface area contributed by atoms with Crippen molar-refractivity contribution in [2.75, 3.05) is 0 Å². The third-order valence-corrected chi connectivity index (χ3v) is 3.22. The van der Waals surface area contributed by atoms with Gasteiger partial charge >= 0.3 is 5.97 Å². The van der Waals surface area contributed by atoms with Crippen molar-refractivity contribution in [1.29, 1.82) is 0 Å². The van der Waals surface area contributed by atoms with Gasteiger partial charge in [-0.1, -0.05) is 12.1 Å². The van der Waals surface area contributed by atoms with Crippen molar-refractivity contribution in [3.05, 3.63) is 78.4 Å². The molecule has 5 nitrogen and oxygen atoms in total. The Kier molecular flexibility index (Phi) is 4.34. The molecule has 120 valence electrons. The summed E-state index contributed by atoms with van der Waals surface area (Å²) in [7, 11) is 0. The minimum absolute atomic E-state index is 0.0888. The number of para-hydroxylation sites is 1. The molecule has 2 N–H and O–H groups in total. The van der Waals surface area contributed by atoms with Crippen LogP contribution in [0, 0.1) is 0 Å². The van der Waals surface area contributed by atoms with Crippen LogP contribution in [0.25, 0.3) is 0 Å². The Bertz CT molecular complexity index is 838. The molecule has 0 heterocycles. The molecule has 0 saturated heterocycles. The number of phenolic OH excluding ortho intramolecular Hbond substituents is 2. The predicted octanol–water partition coefficient (Wildman–Crippen LogP) is 4.11. The molecule has 0 atom stereocenters. The molecule has 3 aromatic rings. The first-order valence-electron chi connectivity index (χ1n) is 7.19. The maximum absolute atomic E-state index is 12.4. The Hall–Kier alpha value is -3.47. The van der Waals surface area contributed by atoms with Gasteiger partial charge in [-0.15, -0.1) is 0 Å². The Balaban J connectivity index is 1.81. The first kappa shape index (κ1) is 15.4. The third-order valence-electron chi connectivity index (χ3n) is 3.22. The molecule has 0 aliphatic heterocycles. The van der Waals surface area contributed by atoms with Gasteiger partial charge in [0.1, 0.15) is 34.3 Å². The maximum Gasteiger partial charge on any atom is 0.347 e. The lowest BCUT2D eigenvalue weighted by molar-refractivity contribution is 0.0732. The van der Waals surface area contributed by atoms with Crippen LogP contribution in [-0.2, 0) is 0 Å². The molecule has 24 heavy (non-hydrogen) atoms. The van der Waals surface area contributed by atoms with Gasteiger partial charge in [-0.2, -0.15) is 0 Å². The molecule has 3 aromatic carbocycles. The summed E-state index contributed by atoms with van der Waals surface area (Å²) in [5.41, 5.74) is 0.263. The highest BCUT2D eigenvalue weighted by molar-refractivity contribution is 5.94. The topological polar surface area (TPSA) is 76.0 Å². The summed E-state index contributed by atoms with van der Waals surface area (Å²) < 4.78 is 11.0. The van der Waals surface area contributed by atoms with Crippen LogP contribution in [0.2, 0.25) is 0 Å². The molecule has 0 saturated carbocycles. The van der Waals surface area contributed by atoms with Crippen LogP contribution in [0.3, 0.4) is 0 Å². The number of ether oxygens (including phenoxy) is 2. The number of carbonyl (C=O) groups is 1. The minimum atomic E-state index is -0.574. The fourth-order valence-corrected chi connectivity index (χ4v) is 2.04. The Morgan fingerprint density at radius 1 is 0.708 bits per heavy atom. The van der Waals surface area contributed by atoms with E-state index < -0.39 is 5.97 Å². The standard InChI is InChI=1S/C19H14O5/c20-13-5-9-15(10-6-13)23-18-4-2-1-3-17(18)19(22)24-16-11-7-14(21)8-12-16/h1-12,20-21H. The average molecular weight is 322 g/mol. The molecule has 0 aliphatic carbocycles. The lowest BCUT2D eigenvalue weighted by Crippen LogP contribution is -2.09. The Morgan fingerprint density at radius 3 is 1.88 bits per heavy atom. The molecular weight excluding hydrogens is 308 g/mol. The number of esters is 1. The van der Waals surface area contributed by atoms with Crippen LogP contribution >= 0.6 is 0 Å². The van der Waals surface area contributed by atoms with Gasteiger partial charge in [-0.25, -0.2) is 4.79 Å². The van der Waals surface area contributed by atoms with Gasteiger partial charge in [0.05, 0.1) is 0 Å². The highest BCUT2D eigenvalue weighted by atomic mass is 16.5. The first-order chi connectivity index (χ1) is 11.6. The van der Waals surface area contributed by atoms with E-state index in [1.54, 1.807) is 36.4 Å². The Morgan fingerprint density at radius 2 is 1.25 bits per heavy atom. The van der Waals surface area contributed by atoms with Gasteiger partial charge < -0.3 is 19.7 Å². The zero-order valence-corrected chi connectivity index (χ0v) is 12.5. The number of carbonyl (C=O) groups excluding carboxylic acids is 1. The van der Waals surface area contributed by atoms with Crippen LogP contribution in [0.1, 0.15) is 10.4 Å². The van der Waals surface area contributed by atoms with Crippen molar-refractivity contribution in [2.24, 2.45) is 0 Å². The van der Waals surface area contributed by atoms with Crippen molar-refractivity contribution in [2.45, 2.75) is 0 Å². The van der Waals surface area contributed by atoms with Gasteiger partial charge in [0.15, 0.2) is 0 Å². The third kappa shape index (κ3) is 3.64. The zero-order chi connectivity index (χ0) is 16.9. The van der Waals surface area contributed by atoms with Crippen molar-refractivity contribution in [3.63, 3.8) is 0 Å². The smallest absolute Gasteiger partial charge is 0.347 e. The number of hydrogen-bond acceptors (Lipinski definition) is 5.